The van der Waals surface area contributed by atoms with Crippen LogP contribution in [0.5, 0.6) is 11.5 Å². The van der Waals surface area contributed by atoms with Crippen LogP contribution in [0, 0.1) is 13.8 Å². The van der Waals surface area contributed by atoms with Gasteiger partial charge in [0, 0.05) is 30.6 Å². The number of benzene rings is 2. The number of ether oxygens (including phenoxy) is 1. The highest BCUT2D eigenvalue weighted by Gasteiger charge is 2.28. The number of nitrogens with zero attached hydrogens (tertiary/aromatic N) is 3. The third kappa shape index (κ3) is 4.43. The lowest BCUT2D eigenvalue weighted by Gasteiger charge is -2.25. The molecule has 1 aliphatic carbocycles. The van der Waals surface area contributed by atoms with E-state index in [0.717, 1.165) is 28.3 Å². The first-order valence-electron chi connectivity index (χ1n) is 10.6. The lowest BCUT2D eigenvalue weighted by molar-refractivity contribution is 0.0724. The van der Waals surface area contributed by atoms with Crippen LogP contribution in [0.2, 0.25) is 0 Å². The molecule has 2 aromatic carbocycles. The van der Waals surface area contributed by atoms with Gasteiger partial charge in [0.05, 0.1) is 25.0 Å². The number of phenols is 1. The predicted octanol–water partition coefficient (Wildman–Crippen LogP) is 4.47. The van der Waals surface area contributed by atoms with Gasteiger partial charge in [0.1, 0.15) is 11.5 Å². The van der Waals surface area contributed by atoms with Crippen LogP contribution in [-0.2, 0) is 20.1 Å². The van der Waals surface area contributed by atoms with Crippen molar-refractivity contribution < 1.29 is 14.6 Å². The van der Waals surface area contributed by atoms with Crippen molar-refractivity contribution in [1.29, 1.82) is 0 Å². The zero-order valence-corrected chi connectivity index (χ0v) is 18.6. The van der Waals surface area contributed by atoms with Gasteiger partial charge in [-0.15, -0.1) is 0 Å². The summed E-state index contributed by atoms with van der Waals surface area (Å²) in [5.74, 6) is 1.37. The zero-order chi connectivity index (χ0) is 22.1. The van der Waals surface area contributed by atoms with Crippen molar-refractivity contribution in [2.75, 3.05) is 7.11 Å². The monoisotopic (exact) mass is 419 g/mol. The van der Waals surface area contributed by atoms with Gasteiger partial charge in [-0.25, -0.2) is 0 Å². The number of aromatic nitrogens is 2. The first-order valence-corrected chi connectivity index (χ1v) is 10.6. The molecule has 4 rings (SSSR count). The summed E-state index contributed by atoms with van der Waals surface area (Å²) in [6, 6.07) is 13.1. The summed E-state index contributed by atoms with van der Waals surface area (Å²) in [5.41, 5.74) is 5.33. The minimum atomic E-state index is -0.113. The molecule has 1 N–H and O–H groups in total. The summed E-state index contributed by atoms with van der Waals surface area (Å²) >= 11 is 0. The fourth-order valence-corrected chi connectivity index (χ4v) is 3.86. The molecule has 0 saturated heterocycles. The number of aromatic hydroxyl groups is 1. The van der Waals surface area contributed by atoms with Gasteiger partial charge in [-0.1, -0.05) is 12.1 Å². The molecule has 0 unspecified atom stereocenters. The van der Waals surface area contributed by atoms with Crippen LogP contribution in [0.1, 0.15) is 57.2 Å². The van der Waals surface area contributed by atoms with Crippen molar-refractivity contribution in [3.63, 3.8) is 0 Å². The third-order valence-electron chi connectivity index (χ3n) is 6.08. The predicted molar refractivity (Wildman–Crippen MR) is 119 cm³/mol. The minimum Gasteiger partial charge on any atom is -0.508 e. The van der Waals surface area contributed by atoms with Crippen molar-refractivity contribution in [2.24, 2.45) is 7.05 Å². The molecule has 3 aromatic rings. The van der Waals surface area contributed by atoms with E-state index in [1.54, 1.807) is 32.2 Å². The fourth-order valence-electron chi connectivity index (χ4n) is 3.86. The Balaban J connectivity index is 1.67. The summed E-state index contributed by atoms with van der Waals surface area (Å²) < 4.78 is 7.20. The minimum absolute atomic E-state index is 0.113. The van der Waals surface area contributed by atoms with Gasteiger partial charge in [0.25, 0.3) is 5.91 Å². The van der Waals surface area contributed by atoms with Crippen molar-refractivity contribution in [3.05, 3.63) is 76.1 Å². The van der Waals surface area contributed by atoms with Gasteiger partial charge in [-0.3, -0.25) is 9.48 Å². The van der Waals surface area contributed by atoms with Gasteiger partial charge in [0.15, 0.2) is 0 Å². The van der Waals surface area contributed by atoms with Gasteiger partial charge < -0.3 is 14.7 Å². The quantitative estimate of drug-likeness (QED) is 0.614. The van der Waals surface area contributed by atoms with E-state index in [0.29, 0.717) is 30.1 Å². The van der Waals surface area contributed by atoms with Gasteiger partial charge in [-0.05, 0) is 68.1 Å². The molecule has 162 valence electrons. The summed E-state index contributed by atoms with van der Waals surface area (Å²) in [7, 11) is 3.58. The van der Waals surface area contributed by atoms with Gasteiger partial charge >= 0.3 is 0 Å². The molecule has 0 aliphatic heterocycles. The van der Waals surface area contributed by atoms with Crippen molar-refractivity contribution in [2.45, 2.75) is 45.7 Å². The van der Waals surface area contributed by atoms with E-state index in [1.807, 2.05) is 41.8 Å². The molecule has 31 heavy (non-hydrogen) atoms. The standard InChI is InChI=1S/C25H29N3O3/c1-16-12-21(31-4)11-10-19(16)14-28(25(30)22-6-5-7-24(29)17(22)2)15-20-13-23(18-8-9-18)26-27(20)3/h5-7,10-13,18,29H,8-9,14-15H2,1-4H3. The Morgan fingerprint density at radius 1 is 1.19 bits per heavy atom. The average Bonchev–Trinajstić information content (AvgIpc) is 3.54. The molecule has 1 aromatic heterocycles. The van der Waals surface area contributed by atoms with Crippen LogP contribution in [0.25, 0.3) is 0 Å². The van der Waals surface area contributed by atoms with Gasteiger partial charge in [0.2, 0.25) is 0 Å². The van der Waals surface area contributed by atoms with E-state index in [2.05, 4.69) is 11.2 Å². The molecule has 1 amide bonds. The fraction of sp³-hybridized carbons (Fsp3) is 0.360. The number of hydrogen-bond donors (Lipinski definition) is 1. The van der Waals surface area contributed by atoms with Crippen LogP contribution in [0.15, 0.2) is 42.5 Å². The number of carbonyl (C=O) groups is 1. The van der Waals surface area contributed by atoms with Crippen molar-refractivity contribution in [1.82, 2.24) is 14.7 Å². The average molecular weight is 420 g/mol. The van der Waals surface area contributed by atoms with E-state index in [4.69, 9.17) is 4.74 Å². The summed E-state index contributed by atoms with van der Waals surface area (Å²) in [5, 5.41) is 14.8. The molecular weight excluding hydrogens is 390 g/mol. The van der Waals surface area contributed by atoms with Crippen molar-refractivity contribution in [3.8, 4) is 11.5 Å². The Morgan fingerprint density at radius 3 is 2.65 bits per heavy atom. The molecule has 6 heteroatoms. The van der Waals surface area contributed by atoms with E-state index in [-0.39, 0.29) is 11.7 Å². The van der Waals surface area contributed by atoms with Crippen molar-refractivity contribution >= 4 is 5.91 Å². The molecule has 1 heterocycles. The molecule has 1 saturated carbocycles. The SMILES string of the molecule is COc1ccc(CN(Cc2cc(C3CC3)nn2C)C(=O)c2cccc(O)c2C)c(C)c1. The Bertz CT molecular complexity index is 1120. The van der Waals surface area contributed by atoms with Crippen LogP contribution < -0.4 is 4.74 Å². The highest BCUT2D eigenvalue weighted by atomic mass is 16.5. The number of amides is 1. The van der Waals surface area contributed by atoms with Crippen LogP contribution in [0.4, 0.5) is 0 Å². The van der Waals surface area contributed by atoms with Crippen LogP contribution >= 0.6 is 0 Å². The van der Waals surface area contributed by atoms with E-state index >= 15 is 0 Å². The molecule has 0 bridgehead atoms. The lowest BCUT2D eigenvalue weighted by atomic mass is 10.0. The number of rotatable bonds is 7. The molecular formula is C25H29N3O3. The smallest absolute Gasteiger partial charge is 0.254 e. The summed E-state index contributed by atoms with van der Waals surface area (Å²) in [4.78, 5) is 15.4. The maximum Gasteiger partial charge on any atom is 0.254 e. The topological polar surface area (TPSA) is 67.6 Å². The molecule has 6 nitrogen and oxygen atoms in total. The Morgan fingerprint density at radius 2 is 1.97 bits per heavy atom. The number of aryl methyl sites for hydroxylation is 2. The first kappa shape index (κ1) is 21.0. The largest absolute Gasteiger partial charge is 0.508 e. The van der Waals surface area contributed by atoms with E-state index in [9.17, 15) is 9.90 Å². The highest BCUT2D eigenvalue weighted by Crippen LogP contribution is 2.39. The molecule has 1 fully saturated rings. The first-order chi connectivity index (χ1) is 14.9. The van der Waals surface area contributed by atoms with Gasteiger partial charge in [-0.2, -0.15) is 5.10 Å². The Hall–Kier alpha value is -3.28. The molecule has 0 spiro atoms. The molecule has 1 aliphatic rings. The molecule has 0 atom stereocenters. The number of methoxy groups -OCH3 is 1. The Labute approximate surface area is 183 Å². The maximum atomic E-state index is 13.6. The third-order valence-corrected chi connectivity index (χ3v) is 6.08. The highest BCUT2D eigenvalue weighted by molar-refractivity contribution is 5.96. The number of phenolic OH excluding ortho intramolecular Hbond substituents is 1. The van der Waals surface area contributed by atoms with E-state index in [1.165, 1.54) is 12.8 Å². The summed E-state index contributed by atoms with van der Waals surface area (Å²) in [6.07, 6.45) is 2.37. The van der Waals surface area contributed by atoms with Crippen LogP contribution in [-0.4, -0.2) is 32.8 Å². The number of hydrogen-bond acceptors (Lipinski definition) is 4. The second kappa shape index (κ2) is 8.46. The lowest BCUT2D eigenvalue weighted by Crippen LogP contribution is -2.31. The van der Waals surface area contributed by atoms with E-state index < -0.39 is 0 Å². The maximum absolute atomic E-state index is 13.6. The number of carbonyl (C=O) groups excluding carboxylic acids is 1. The Kier molecular flexibility index (Phi) is 5.72. The second-order valence-corrected chi connectivity index (χ2v) is 8.36. The zero-order valence-electron chi connectivity index (χ0n) is 18.6. The molecule has 0 radical (unpaired) electrons. The normalized spacial score (nSPS) is 13.3. The second-order valence-electron chi connectivity index (χ2n) is 8.36. The summed E-state index contributed by atoms with van der Waals surface area (Å²) in [6.45, 7) is 4.69. The van der Waals surface area contributed by atoms with Crippen LogP contribution in [0.3, 0.4) is 0 Å².